The van der Waals surface area contributed by atoms with Crippen molar-refractivity contribution in [1.82, 2.24) is 14.9 Å². The van der Waals surface area contributed by atoms with Crippen molar-refractivity contribution in [3.8, 4) is 0 Å². The summed E-state index contributed by atoms with van der Waals surface area (Å²) in [6, 6.07) is 8.25. The standard InChI is InChI=1S/C14H18N4O/c1-2-13(19)18-8-7-10(9-18)15-14-16-11-5-3-4-6-12(11)17-14/h3-6,10H,2,7-9H2,1H3,(H2,15,16,17). The molecule has 1 aromatic carbocycles. The average molecular weight is 258 g/mol. The number of hydrogen-bond acceptors (Lipinski definition) is 3. The fourth-order valence-corrected chi connectivity index (χ4v) is 2.54. The molecule has 1 aliphatic heterocycles. The first kappa shape index (κ1) is 12.0. The van der Waals surface area contributed by atoms with E-state index in [0.717, 1.165) is 36.5 Å². The van der Waals surface area contributed by atoms with E-state index in [9.17, 15) is 4.79 Å². The van der Waals surface area contributed by atoms with Gasteiger partial charge in [-0.05, 0) is 18.6 Å². The van der Waals surface area contributed by atoms with Crippen molar-refractivity contribution in [1.29, 1.82) is 0 Å². The van der Waals surface area contributed by atoms with Crippen LogP contribution in [0.15, 0.2) is 24.3 Å². The van der Waals surface area contributed by atoms with Crippen LogP contribution in [0.2, 0.25) is 0 Å². The number of aromatic amines is 1. The Morgan fingerprint density at radius 1 is 1.53 bits per heavy atom. The summed E-state index contributed by atoms with van der Waals surface area (Å²) in [6.45, 7) is 3.51. The smallest absolute Gasteiger partial charge is 0.222 e. The van der Waals surface area contributed by atoms with Crippen molar-refractivity contribution in [3.63, 3.8) is 0 Å². The molecular weight excluding hydrogens is 240 g/mol. The zero-order valence-electron chi connectivity index (χ0n) is 11.0. The van der Waals surface area contributed by atoms with Crippen LogP contribution < -0.4 is 5.32 Å². The Kier molecular flexibility index (Phi) is 3.11. The van der Waals surface area contributed by atoms with E-state index in [1.807, 2.05) is 36.1 Å². The second-order valence-electron chi connectivity index (χ2n) is 4.93. The number of nitrogens with one attached hydrogen (secondary N) is 2. The number of H-pyrrole nitrogens is 1. The van der Waals surface area contributed by atoms with E-state index in [-0.39, 0.29) is 11.9 Å². The third kappa shape index (κ3) is 2.41. The van der Waals surface area contributed by atoms with Crippen LogP contribution in [0.5, 0.6) is 0 Å². The molecule has 19 heavy (non-hydrogen) atoms. The number of carbonyl (C=O) groups is 1. The van der Waals surface area contributed by atoms with Crippen molar-refractivity contribution in [2.24, 2.45) is 0 Å². The van der Waals surface area contributed by atoms with Crippen LogP contribution in [0.4, 0.5) is 5.95 Å². The highest BCUT2D eigenvalue weighted by molar-refractivity contribution is 5.77. The third-order valence-corrected chi connectivity index (χ3v) is 3.57. The van der Waals surface area contributed by atoms with E-state index < -0.39 is 0 Å². The summed E-state index contributed by atoms with van der Waals surface area (Å²) in [6.07, 6.45) is 1.56. The van der Waals surface area contributed by atoms with Crippen LogP contribution in [-0.2, 0) is 4.79 Å². The van der Waals surface area contributed by atoms with Crippen molar-refractivity contribution in [3.05, 3.63) is 24.3 Å². The van der Waals surface area contributed by atoms with Crippen LogP contribution >= 0.6 is 0 Å². The molecule has 1 aromatic heterocycles. The number of imidazole rings is 1. The molecule has 0 bridgehead atoms. The highest BCUT2D eigenvalue weighted by Crippen LogP contribution is 2.17. The first-order valence-electron chi connectivity index (χ1n) is 6.75. The summed E-state index contributed by atoms with van der Waals surface area (Å²) in [7, 11) is 0. The lowest BCUT2D eigenvalue weighted by molar-refractivity contribution is -0.129. The lowest BCUT2D eigenvalue weighted by Gasteiger charge is -2.15. The Hall–Kier alpha value is -2.04. The molecular formula is C14H18N4O. The monoisotopic (exact) mass is 258 g/mol. The van der Waals surface area contributed by atoms with Crippen molar-refractivity contribution in [2.75, 3.05) is 18.4 Å². The number of fused-ring (bicyclic) bond motifs is 1. The van der Waals surface area contributed by atoms with Gasteiger partial charge in [-0.15, -0.1) is 0 Å². The quantitative estimate of drug-likeness (QED) is 0.885. The summed E-state index contributed by atoms with van der Waals surface area (Å²) in [5.74, 6) is 1.02. The number of rotatable bonds is 3. The number of aromatic nitrogens is 2. The van der Waals surface area contributed by atoms with E-state index >= 15 is 0 Å². The summed E-state index contributed by atoms with van der Waals surface area (Å²) in [4.78, 5) is 21.3. The lowest BCUT2D eigenvalue weighted by atomic mass is 10.3. The van der Waals surface area contributed by atoms with E-state index in [0.29, 0.717) is 6.42 Å². The number of anilines is 1. The van der Waals surface area contributed by atoms with E-state index in [2.05, 4.69) is 15.3 Å². The van der Waals surface area contributed by atoms with E-state index in [4.69, 9.17) is 0 Å². The van der Waals surface area contributed by atoms with Gasteiger partial charge in [0, 0.05) is 25.6 Å². The van der Waals surface area contributed by atoms with Gasteiger partial charge < -0.3 is 15.2 Å². The summed E-state index contributed by atoms with van der Waals surface area (Å²) < 4.78 is 0. The highest BCUT2D eigenvalue weighted by atomic mass is 16.2. The first-order valence-corrected chi connectivity index (χ1v) is 6.75. The van der Waals surface area contributed by atoms with Gasteiger partial charge in [0.1, 0.15) is 0 Å². The zero-order valence-corrected chi connectivity index (χ0v) is 11.0. The number of para-hydroxylation sites is 2. The minimum Gasteiger partial charge on any atom is -0.351 e. The fraction of sp³-hybridized carbons (Fsp3) is 0.429. The summed E-state index contributed by atoms with van der Waals surface area (Å²) in [5, 5.41) is 3.38. The van der Waals surface area contributed by atoms with Crippen LogP contribution in [0.3, 0.4) is 0 Å². The zero-order chi connectivity index (χ0) is 13.2. The van der Waals surface area contributed by atoms with Crippen LogP contribution in [0.25, 0.3) is 11.0 Å². The van der Waals surface area contributed by atoms with E-state index in [1.54, 1.807) is 0 Å². The number of benzene rings is 1. The van der Waals surface area contributed by atoms with Gasteiger partial charge >= 0.3 is 0 Å². The molecule has 1 atom stereocenters. The van der Waals surface area contributed by atoms with Gasteiger partial charge in [0.05, 0.1) is 11.0 Å². The fourth-order valence-electron chi connectivity index (χ4n) is 2.54. The number of likely N-dealkylation sites (tertiary alicyclic amines) is 1. The Labute approximate surface area is 112 Å². The van der Waals surface area contributed by atoms with Crippen LogP contribution in [0.1, 0.15) is 19.8 Å². The maximum absolute atomic E-state index is 11.6. The van der Waals surface area contributed by atoms with Gasteiger partial charge in [-0.1, -0.05) is 19.1 Å². The molecule has 2 heterocycles. The van der Waals surface area contributed by atoms with Crippen molar-refractivity contribution < 1.29 is 4.79 Å². The lowest BCUT2D eigenvalue weighted by Crippen LogP contribution is -2.31. The largest absolute Gasteiger partial charge is 0.351 e. The molecule has 2 N–H and O–H groups in total. The van der Waals surface area contributed by atoms with Crippen LogP contribution in [0, 0.1) is 0 Å². The number of nitrogens with zero attached hydrogens (tertiary/aromatic N) is 2. The molecule has 5 heteroatoms. The summed E-state index contributed by atoms with van der Waals surface area (Å²) in [5.41, 5.74) is 1.99. The Morgan fingerprint density at radius 3 is 3.16 bits per heavy atom. The Morgan fingerprint density at radius 2 is 2.37 bits per heavy atom. The molecule has 0 radical (unpaired) electrons. The molecule has 100 valence electrons. The van der Waals surface area contributed by atoms with Gasteiger partial charge in [0.25, 0.3) is 0 Å². The topological polar surface area (TPSA) is 61.0 Å². The van der Waals surface area contributed by atoms with Gasteiger partial charge in [0.15, 0.2) is 0 Å². The summed E-state index contributed by atoms with van der Waals surface area (Å²) >= 11 is 0. The number of amides is 1. The molecule has 0 aliphatic carbocycles. The molecule has 1 fully saturated rings. The van der Waals surface area contributed by atoms with E-state index in [1.165, 1.54) is 0 Å². The third-order valence-electron chi connectivity index (χ3n) is 3.57. The second-order valence-corrected chi connectivity index (χ2v) is 4.93. The predicted octanol–water partition coefficient (Wildman–Crippen LogP) is 1.99. The van der Waals surface area contributed by atoms with Crippen molar-refractivity contribution >= 4 is 22.9 Å². The average Bonchev–Trinajstić information content (AvgIpc) is 3.04. The minimum atomic E-state index is 0.230. The Balaban J connectivity index is 1.67. The highest BCUT2D eigenvalue weighted by Gasteiger charge is 2.25. The molecule has 2 aromatic rings. The van der Waals surface area contributed by atoms with Gasteiger partial charge in [0.2, 0.25) is 11.9 Å². The van der Waals surface area contributed by atoms with Gasteiger partial charge in [-0.2, -0.15) is 0 Å². The molecule has 1 saturated heterocycles. The van der Waals surface area contributed by atoms with Crippen LogP contribution in [-0.4, -0.2) is 39.9 Å². The van der Waals surface area contributed by atoms with Crippen molar-refractivity contribution in [2.45, 2.75) is 25.8 Å². The Bertz CT molecular complexity index is 559. The molecule has 0 saturated carbocycles. The molecule has 1 amide bonds. The molecule has 0 spiro atoms. The molecule has 1 unspecified atom stereocenters. The molecule has 1 aliphatic rings. The first-order chi connectivity index (χ1) is 9.26. The SMILES string of the molecule is CCC(=O)N1CCC(Nc2nc3ccccc3[nH]2)C1. The maximum atomic E-state index is 11.6. The normalized spacial score (nSPS) is 19.0. The van der Waals surface area contributed by atoms with Gasteiger partial charge in [-0.25, -0.2) is 4.98 Å². The maximum Gasteiger partial charge on any atom is 0.222 e. The minimum absolute atomic E-state index is 0.230. The number of carbonyl (C=O) groups excluding carboxylic acids is 1. The number of hydrogen-bond donors (Lipinski definition) is 2. The second kappa shape index (κ2) is 4.91. The molecule has 3 rings (SSSR count). The molecule has 5 nitrogen and oxygen atoms in total. The predicted molar refractivity (Wildman–Crippen MR) is 75.0 cm³/mol. The van der Waals surface area contributed by atoms with Gasteiger partial charge in [-0.3, -0.25) is 4.79 Å².